The Morgan fingerprint density at radius 3 is 2.27 bits per heavy atom. The molecule has 0 aliphatic rings. The van der Waals surface area contributed by atoms with Gasteiger partial charge in [0.15, 0.2) is 5.96 Å². The predicted octanol–water partition coefficient (Wildman–Crippen LogP) is 4.02. The van der Waals surface area contributed by atoms with Crippen LogP contribution >= 0.6 is 24.0 Å². The highest BCUT2D eigenvalue weighted by Crippen LogP contribution is 2.16. The summed E-state index contributed by atoms with van der Waals surface area (Å²) in [5.74, 6) is 0.699. The van der Waals surface area contributed by atoms with Gasteiger partial charge in [-0.25, -0.2) is 19.5 Å². The number of carbonyl (C=O) groups is 1. The number of rotatable bonds is 9. The second-order valence-corrected chi connectivity index (χ2v) is 8.67. The monoisotopic (exact) mass is 571 g/mol. The first-order valence-electron chi connectivity index (χ1n) is 11.2. The first-order chi connectivity index (χ1) is 15.2. The van der Waals surface area contributed by atoms with E-state index in [2.05, 4.69) is 39.9 Å². The number of alkyl carbamates (subject to hydrolysis) is 1. The van der Waals surface area contributed by atoms with Crippen molar-refractivity contribution in [1.29, 1.82) is 0 Å². The predicted molar refractivity (Wildman–Crippen MR) is 142 cm³/mol. The fourth-order valence-electron chi connectivity index (χ4n) is 3.10. The third kappa shape index (κ3) is 9.56. The number of ether oxygens (including phenoxy) is 1. The van der Waals surface area contributed by atoms with Crippen LogP contribution in [0.15, 0.2) is 41.9 Å². The number of carbonyl (C=O) groups excluding carboxylic acids is 1. The molecule has 0 spiro atoms. The van der Waals surface area contributed by atoms with Crippen LogP contribution in [0.5, 0.6) is 0 Å². The summed E-state index contributed by atoms with van der Waals surface area (Å²) < 4.78 is 7.17. The van der Waals surface area contributed by atoms with Crippen molar-refractivity contribution in [2.24, 2.45) is 4.99 Å². The minimum absolute atomic E-state index is 0. The summed E-state index contributed by atoms with van der Waals surface area (Å²) in [7, 11) is 0. The van der Waals surface area contributed by atoms with Gasteiger partial charge in [-0.2, -0.15) is 5.10 Å². The van der Waals surface area contributed by atoms with Crippen LogP contribution in [0.1, 0.15) is 59.9 Å². The molecular formula is C23H38IN7O2. The van der Waals surface area contributed by atoms with Crippen molar-refractivity contribution in [3.63, 3.8) is 0 Å². The number of aliphatic imine (C=N–C) groups is 1. The summed E-state index contributed by atoms with van der Waals surface area (Å²) in [6.45, 7) is 13.5. The van der Waals surface area contributed by atoms with Crippen LogP contribution in [-0.2, 0) is 11.3 Å². The Balaban J connectivity index is 0.00000544. The van der Waals surface area contributed by atoms with E-state index in [0.717, 1.165) is 30.6 Å². The van der Waals surface area contributed by atoms with Gasteiger partial charge in [0.1, 0.15) is 18.3 Å². The van der Waals surface area contributed by atoms with E-state index in [0.29, 0.717) is 19.0 Å². The largest absolute Gasteiger partial charge is 0.444 e. The van der Waals surface area contributed by atoms with Crippen molar-refractivity contribution >= 4 is 36.0 Å². The molecule has 0 fully saturated rings. The van der Waals surface area contributed by atoms with Gasteiger partial charge < -0.3 is 20.7 Å². The molecule has 2 aromatic rings. The summed E-state index contributed by atoms with van der Waals surface area (Å²) in [5.41, 5.74) is 1.06. The number of hydrogen-bond donors (Lipinski definition) is 3. The number of amides is 1. The molecular weight excluding hydrogens is 533 g/mol. The normalized spacial score (nSPS) is 12.0. The van der Waals surface area contributed by atoms with Gasteiger partial charge in [-0.05, 0) is 58.2 Å². The Kier molecular flexibility index (Phi) is 11.6. The van der Waals surface area contributed by atoms with Gasteiger partial charge in [0.05, 0.1) is 17.8 Å². The van der Waals surface area contributed by atoms with Crippen LogP contribution in [-0.4, -0.2) is 51.0 Å². The molecule has 0 atom stereocenters. The molecule has 0 saturated heterocycles. The molecule has 0 unspecified atom stereocenters. The van der Waals surface area contributed by atoms with Crippen LogP contribution in [0.3, 0.4) is 0 Å². The SMILES string of the molecule is CCNC(=NCc1ccc(-n2cncn2)cc1)NCC(CC)(CC)NC(=O)OC(C)(C)C.I. The summed E-state index contributed by atoms with van der Waals surface area (Å²) >= 11 is 0. The molecule has 1 heterocycles. The Morgan fingerprint density at radius 2 is 1.76 bits per heavy atom. The molecule has 3 N–H and O–H groups in total. The van der Waals surface area contributed by atoms with Gasteiger partial charge >= 0.3 is 6.09 Å². The molecule has 1 aromatic heterocycles. The Labute approximate surface area is 214 Å². The highest BCUT2D eigenvalue weighted by molar-refractivity contribution is 14.0. The molecule has 1 amide bonds. The van der Waals surface area contributed by atoms with E-state index in [1.54, 1.807) is 11.0 Å². The highest BCUT2D eigenvalue weighted by Gasteiger charge is 2.30. The topological polar surface area (TPSA) is 105 Å². The van der Waals surface area contributed by atoms with Crippen LogP contribution in [0.2, 0.25) is 0 Å². The highest BCUT2D eigenvalue weighted by atomic mass is 127. The Bertz CT molecular complexity index is 858. The lowest BCUT2D eigenvalue weighted by Gasteiger charge is -2.34. The molecule has 0 bridgehead atoms. The summed E-state index contributed by atoms with van der Waals surface area (Å²) in [4.78, 5) is 21.0. The lowest BCUT2D eigenvalue weighted by Crippen LogP contribution is -2.57. The van der Waals surface area contributed by atoms with E-state index >= 15 is 0 Å². The van der Waals surface area contributed by atoms with Crippen LogP contribution in [0.4, 0.5) is 4.79 Å². The molecule has 0 radical (unpaired) electrons. The maximum absolute atomic E-state index is 12.4. The lowest BCUT2D eigenvalue weighted by molar-refractivity contribution is 0.0448. The van der Waals surface area contributed by atoms with Crippen LogP contribution < -0.4 is 16.0 Å². The second kappa shape index (κ2) is 13.4. The van der Waals surface area contributed by atoms with E-state index in [-0.39, 0.29) is 24.0 Å². The van der Waals surface area contributed by atoms with Crippen molar-refractivity contribution in [2.45, 2.75) is 72.1 Å². The number of aromatic nitrogens is 3. The summed E-state index contributed by atoms with van der Waals surface area (Å²) in [6.07, 6.45) is 4.30. The molecule has 0 saturated carbocycles. The number of hydrogen-bond acceptors (Lipinski definition) is 5. The number of halogens is 1. The van der Waals surface area contributed by atoms with Crippen LogP contribution in [0, 0.1) is 0 Å². The van der Waals surface area contributed by atoms with Crippen LogP contribution in [0.25, 0.3) is 5.69 Å². The summed E-state index contributed by atoms with van der Waals surface area (Å²) in [5, 5.41) is 13.8. The number of guanidine groups is 1. The van der Waals surface area contributed by atoms with Gasteiger partial charge in [-0.15, -0.1) is 24.0 Å². The van der Waals surface area contributed by atoms with Gasteiger partial charge in [-0.1, -0.05) is 26.0 Å². The average Bonchev–Trinajstić information content (AvgIpc) is 3.28. The fraction of sp³-hybridized carbons (Fsp3) is 0.565. The maximum atomic E-state index is 12.4. The van der Waals surface area contributed by atoms with Crippen molar-refractivity contribution in [1.82, 2.24) is 30.7 Å². The molecule has 0 aliphatic carbocycles. The lowest BCUT2D eigenvalue weighted by atomic mass is 9.93. The quantitative estimate of drug-likeness (QED) is 0.239. The molecule has 10 heteroatoms. The number of nitrogens with one attached hydrogen (secondary N) is 3. The fourth-order valence-corrected chi connectivity index (χ4v) is 3.10. The van der Waals surface area contributed by atoms with Gasteiger partial charge in [0.2, 0.25) is 0 Å². The minimum atomic E-state index is -0.537. The Morgan fingerprint density at radius 1 is 1.09 bits per heavy atom. The van der Waals surface area contributed by atoms with E-state index in [1.807, 2.05) is 52.0 Å². The van der Waals surface area contributed by atoms with Gasteiger partial charge in [-0.3, -0.25) is 0 Å². The molecule has 184 valence electrons. The molecule has 2 rings (SSSR count). The number of benzene rings is 1. The zero-order valence-corrected chi connectivity index (χ0v) is 22.8. The third-order valence-electron chi connectivity index (χ3n) is 5.10. The molecule has 1 aromatic carbocycles. The first kappa shape index (κ1) is 28.7. The van der Waals surface area contributed by atoms with Crippen molar-refractivity contribution < 1.29 is 9.53 Å². The maximum Gasteiger partial charge on any atom is 0.408 e. The first-order valence-corrected chi connectivity index (χ1v) is 11.2. The smallest absolute Gasteiger partial charge is 0.408 e. The van der Waals surface area contributed by atoms with E-state index in [1.165, 1.54) is 6.33 Å². The molecule has 33 heavy (non-hydrogen) atoms. The van der Waals surface area contributed by atoms with E-state index < -0.39 is 17.2 Å². The molecule has 9 nitrogen and oxygen atoms in total. The van der Waals surface area contributed by atoms with Gasteiger partial charge in [0, 0.05) is 13.1 Å². The zero-order chi connectivity index (χ0) is 23.6. The van der Waals surface area contributed by atoms with Crippen molar-refractivity contribution in [3.8, 4) is 5.69 Å². The van der Waals surface area contributed by atoms with E-state index in [4.69, 9.17) is 9.73 Å². The zero-order valence-electron chi connectivity index (χ0n) is 20.5. The minimum Gasteiger partial charge on any atom is -0.444 e. The summed E-state index contributed by atoms with van der Waals surface area (Å²) in [6, 6.07) is 8.03. The van der Waals surface area contributed by atoms with Crippen molar-refractivity contribution in [3.05, 3.63) is 42.5 Å². The number of nitrogens with zero attached hydrogens (tertiary/aromatic N) is 4. The Hall–Kier alpha value is -2.37. The third-order valence-corrected chi connectivity index (χ3v) is 5.10. The van der Waals surface area contributed by atoms with Gasteiger partial charge in [0.25, 0.3) is 0 Å². The van der Waals surface area contributed by atoms with E-state index in [9.17, 15) is 4.79 Å². The average molecular weight is 572 g/mol. The molecule has 0 aliphatic heterocycles. The second-order valence-electron chi connectivity index (χ2n) is 8.67. The standard InChI is InChI=1S/C23H37N7O2.HI/c1-7-23(8-2,29-21(31)32-22(4,5)6)15-27-20(25-9-3)26-14-18-10-12-19(13-11-18)30-17-24-16-28-30;/h10-13,16-17H,7-9,14-15H2,1-6H3,(H,29,31)(H2,25,26,27);1H. The van der Waals surface area contributed by atoms with Crippen molar-refractivity contribution in [2.75, 3.05) is 13.1 Å².